The molecule has 0 aromatic heterocycles. The number of nitrogens with zero attached hydrogens (tertiary/aromatic N) is 5. The molecule has 13 heteroatoms. The first kappa shape index (κ1) is 29.5. The van der Waals surface area contributed by atoms with Gasteiger partial charge in [0.15, 0.2) is 0 Å². The first-order chi connectivity index (χ1) is 19.5. The van der Waals surface area contributed by atoms with Gasteiger partial charge in [-0.05, 0) is 45.1 Å². The van der Waals surface area contributed by atoms with E-state index in [2.05, 4.69) is 16.8 Å². The molecule has 222 valence electrons. The number of β-lactam (4-membered cyclic amide) rings is 1. The van der Waals surface area contributed by atoms with Crippen molar-refractivity contribution in [2.75, 3.05) is 46.8 Å². The van der Waals surface area contributed by atoms with Crippen molar-refractivity contribution < 1.29 is 29.2 Å². The number of nitro groups is 1. The number of carbonyl (C=O) groups is 3. The van der Waals surface area contributed by atoms with Gasteiger partial charge < -0.3 is 24.5 Å². The molecule has 3 fully saturated rings. The Morgan fingerprint density at radius 1 is 1.17 bits per heavy atom. The van der Waals surface area contributed by atoms with Gasteiger partial charge in [0, 0.05) is 60.9 Å². The van der Waals surface area contributed by atoms with Crippen LogP contribution in [0.5, 0.6) is 0 Å². The summed E-state index contributed by atoms with van der Waals surface area (Å²) in [5.74, 6) is -1.60. The number of aliphatic hydroxyl groups is 1. The second-order valence-corrected chi connectivity index (χ2v) is 12.9. The Labute approximate surface area is 243 Å². The fourth-order valence-corrected chi connectivity index (χ4v) is 7.94. The van der Waals surface area contributed by atoms with Crippen molar-refractivity contribution in [2.45, 2.75) is 50.3 Å². The van der Waals surface area contributed by atoms with Crippen LogP contribution in [0.15, 0.2) is 34.9 Å². The molecule has 1 aromatic rings. The number of non-ortho nitro benzene ring substituents is 1. The summed E-state index contributed by atoms with van der Waals surface area (Å²) in [7, 11) is 4.00. The van der Waals surface area contributed by atoms with Crippen LogP contribution in [-0.2, 0) is 25.7 Å². The molecule has 0 saturated carbocycles. The number of hydrogen-bond acceptors (Lipinski definition) is 10. The number of likely N-dealkylation sites (N-methyl/N-ethyl adjacent to an activating group) is 2. The Morgan fingerprint density at radius 3 is 2.44 bits per heavy atom. The summed E-state index contributed by atoms with van der Waals surface area (Å²) < 4.78 is 5.61. The van der Waals surface area contributed by atoms with Gasteiger partial charge in [-0.25, -0.2) is 4.79 Å². The molecule has 6 atom stereocenters. The van der Waals surface area contributed by atoms with Gasteiger partial charge in [-0.2, -0.15) is 0 Å². The fourth-order valence-electron chi connectivity index (χ4n) is 6.34. The molecule has 4 heterocycles. The summed E-state index contributed by atoms with van der Waals surface area (Å²) in [5, 5.41) is 21.3. The molecule has 1 N–H and O–H groups in total. The number of esters is 1. The van der Waals surface area contributed by atoms with Crippen LogP contribution in [0.3, 0.4) is 0 Å². The molecule has 0 radical (unpaired) electrons. The lowest BCUT2D eigenvalue weighted by Gasteiger charge is -2.46. The van der Waals surface area contributed by atoms with Crippen LogP contribution >= 0.6 is 11.8 Å². The van der Waals surface area contributed by atoms with Crippen molar-refractivity contribution in [3.05, 3.63) is 50.5 Å². The normalized spacial score (nSPS) is 29.4. The predicted molar refractivity (Wildman–Crippen MR) is 151 cm³/mol. The van der Waals surface area contributed by atoms with Crippen molar-refractivity contribution in [1.29, 1.82) is 0 Å². The lowest BCUT2D eigenvalue weighted by Crippen LogP contribution is -2.63. The molecule has 2 amide bonds. The Hall–Kier alpha value is -3.00. The lowest BCUT2D eigenvalue weighted by molar-refractivity contribution is -0.384. The van der Waals surface area contributed by atoms with E-state index in [0.717, 1.165) is 18.0 Å². The highest BCUT2D eigenvalue weighted by molar-refractivity contribution is 8.03. The molecule has 1 aromatic carbocycles. The van der Waals surface area contributed by atoms with E-state index in [0.29, 0.717) is 31.6 Å². The minimum absolute atomic E-state index is 0.0372. The monoisotopic (exact) mass is 587 g/mol. The molecular formula is C28H37N5O7S. The molecule has 3 saturated heterocycles. The number of amides is 2. The van der Waals surface area contributed by atoms with Gasteiger partial charge in [-0.15, -0.1) is 11.8 Å². The fraction of sp³-hybridized carbons (Fsp3) is 0.607. The molecule has 4 aliphatic rings. The van der Waals surface area contributed by atoms with Crippen LogP contribution in [0.25, 0.3) is 0 Å². The average Bonchev–Trinajstić information content (AvgIpc) is 3.42. The van der Waals surface area contributed by atoms with Gasteiger partial charge in [-0.1, -0.05) is 6.92 Å². The maximum absolute atomic E-state index is 13.5. The number of ether oxygens (including phenoxy) is 1. The summed E-state index contributed by atoms with van der Waals surface area (Å²) in [4.78, 5) is 58.8. The lowest BCUT2D eigenvalue weighted by atomic mass is 9.79. The first-order valence-electron chi connectivity index (χ1n) is 14.0. The SMILES string of the molecule is C[C@@H](O)[C@H]1C(=O)N2C(C(=O)OCc3ccc([N+](=O)[O-])cc3)=C(S[C@H]3C[C@@H](C(=O)N4CCN(C)CC4)N(C)C3)[C@H](C)[C@H]12. The van der Waals surface area contributed by atoms with Crippen LogP contribution in [0.4, 0.5) is 5.69 Å². The number of carbonyl (C=O) groups excluding carboxylic acids is 3. The summed E-state index contributed by atoms with van der Waals surface area (Å²) in [6.45, 7) is 7.24. The quantitative estimate of drug-likeness (QED) is 0.205. The van der Waals surface area contributed by atoms with Crippen molar-refractivity contribution >= 4 is 35.2 Å². The number of hydrogen-bond donors (Lipinski definition) is 1. The Kier molecular flexibility index (Phi) is 8.42. The van der Waals surface area contributed by atoms with E-state index in [1.54, 1.807) is 6.92 Å². The zero-order valence-electron chi connectivity index (χ0n) is 23.8. The summed E-state index contributed by atoms with van der Waals surface area (Å²) in [5.41, 5.74) is 0.726. The van der Waals surface area contributed by atoms with Gasteiger partial charge in [0.05, 0.1) is 29.0 Å². The van der Waals surface area contributed by atoms with Gasteiger partial charge in [0.2, 0.25) is 11.8 Å². The number of thioether (sulfide) groups is 1. The maximum atomic E-state index is 13.5. The Bertz CT molecular complexity index is 1250. The smallest absolute Gasteiger partial charge is 0.356 e. The third-order valence-electron chi connectivity index (χ3n) is 8.72. The van der Waals surface area contributed by atoms with Crippen LogP contribution < -0.4 is 0 Å². The molecule has 0 bridgehead atoms. The van der Waals surface area contributed by atoms with E-state index in [-0.39, 0.29) is 53.1 Å². The number of aliphatic hydroxyl groups excluding tert-OH is 1. The van der Waals surface area contributed by atoms with Gasteiger partial charge in [0.25, 0.3) is 5.69 Å². The number of likely N-dealkylation sites (tertiary alicyclic amines) is 1. The standard InChI is InChI=1S/C28H37N5O7S/c1-16-23-22(17(2)34)27(36)32(23)24(28(37)40-15-18-5-7-19(8-6-18)33(38)39)25(16)41-20-13-21(30(4)14-20)26(35)31-11-9-29(3)10-12-31/h5-8,16-17,20-23,34H,9-15H2,1-4H3/t16-,17-,20+,21+,22-,23-/m1/s1. The van der Waals surface area contributed by atoms with Crippen LogP contribution in [0, 0.1) is 22.0 Å². The third-order valence-corrected chi connectivity index (χ3v) is 10.2. The van der Waals surface area contributed by atoms with Crippen molar-refractivity contribution in [3.8, 4) is 0 Å². The van der Waals surface area contributed by atoms with Crippen LogP contribution in [0.1, 0.15) is 25.8 Å². The molecular weight excluding hydrogens is 550 g/mol. The average molecular weight is 588 g/mol. The van der Waals surface area contributed by atoms with Crippen LogP contribution in [0.2, 0.25) is 0 Å². The number of nitro benzene ring substituents is 1. The Morgan fingerprint density at radius 2 is 1.83 bits per heavy atom. The van der Waals surface area contributed by atoms with E-state index >= 15 is 0 Å². The molecule has 5 rings (SSSR count). The number of fused-ring (bicyclic) bond motifs is 1. The van der Waals surface area contributed by atoms with Crippen molar-refractivity contribution in [2.24, 2.45) is 11.8 Å². The topological polar surface area (TPSA) is 137 Å². The highest BCUT2D eigenvalue weighted by atomic mass is 32.2. The number of piperazine rings is 1. The molecule has 41 heavy (non-hydrogen) atoms. The highest BCUT2D eigenvalue weighted by Crippen LogP contribution is 2.52. The van der Waals surface area contributed by atoms with Crippen LogP contribution in [-0.4, -0.2) is 118 Å². The van der Waals surface area contributed by atoms with E-state index < -0.39 is 22.9 Å². The first-order valence-corrected chi connectivity index (χ1v) is 14.9. The van der Waals surface area contributed by atoms with E-state index in [1.807, 2.05) is 18.9 Å². The Balaban J connectivity index is 1.32. The molecule has 12 nitrogen and oxygen atoms in total. The van der Waals surface area contributed by atoms with E-state index in [1.165, 1.54) is 40.9 Å². The zero-order valence-corrected chi connectivity index (χ0v) is 24.6. The van der Waals surface area contributed by atoms with Gasteiger partial charge >= 0.3 is 5.97 Å². The molecule has 4 aliphatic heterocycles. The zero-order chi connectivity index (χ0) is 29.6. The van der Waals surface area contributed by atoms with E-state index in [4.69, 9.17) is 4.74 Å². The third kappa shape index (κ3) is 5.60. The summed E-state index contributed by atoms with van der Waals surface area (Å²) in [6.07, 6.45) is -0.220. The van der Waals surface area contributed by atoms with Crippen molar-refractivity contribution in [3.63, 3.8) is 0 Å². The maximum Gasteiger partial charge on any atom is 0.356 e. The van der Waals surface area contributed by atoms with Gasteiger partial charge in [-0.3, -0.25) is 24.6 Å². The minimum Gasteiger partial charge on any atom is -0.456 e. The number of benzene rings is 1. The predicted octanol–water partition coefficient (Wildman–Crippen LogP) is 1.29. The molecule has 0 aliphatic carbocycles. The molecule has 0 unspecified atom stereocenters. The van der Waals surface area contributed by atoms with Crippen molar-refractivity contribution in [1.82, 2.24) is 19.6 Å². The largest absolute Gasteiger partial charge is 0.456 e. The van der Waals surface area contributed by atoms with Gasteiger partial charge in [0.1, 0.15) is 12.3 Å². The summed E-state index contributed by atoms with van der Waals surface area (Å²) >= 11 is 1.53. The summed E-state index contributed by atoms with van der Waals surface area (Å²) in [6, 6.07) is 5.17. The minimum atomic E-state index is -0.851. The second kappa shape index (κ2) is 11.7. The van der Waals surface area contributed by atoms with E-state index in [9.17, 15) is 29.6 Å². The second-order valence-electron chi connectivity index (χ2n) is 11.5. The highest BCUT2D eigenvalue weighted by Gasteiger charge is 2.60. The number of rotatable bonds is 8. The molecule has 0 spiro atoms.